The number of hydrogen-bond acceptors (Lipinski definition) is 5. The van der Waals surface area contributed by atoms with Gasteiger partial charge in [0.25, 0.3) is 5.56 Å². The Labute approximate surface area is 211 Å². The number of ether oxygens (including phenoxy) is 1. The number of nitrogens with zero attached hydrogens (tertiary/aromatic N) is 3. The number of rotatable bonds is 4. The molecule has 0 unspecified atom stereocenters. The molecule has 1 aliphatic rings. The van der Waals surface area contributed by atoms with Crippen LogP contribution in [0.4, 0.5) is 23.7 Å². The van der Waals surface area contributed by atoms with E-state index in [9.17, 15) is 32.3 Å². The van der Waals surface area contributed by atoms with Crippen molar-refractivity contribution in [1.29, 1.82) is 0 Å². The molecular formula is C24H19ClF3N3O6. The molecule has 0 bridgehead atoms. The molecule has 1 amide bonds. The van der Waals surface area contributed by atoms with Crippen LogP contribution in [0.5, 0.6) is 5.75 Å². The van der Waals surface area contributed by atoms with Gasteiger partial charge in [-0.3, -0.25) is 18.7 Å². The minimum Gasteiger partial charge on any atom is -0.449 e. The Morgan fingerprint density at radius 1 is 1.14 bits per heavy atom. The maximum absolute atomic E-state index is 13.4. The molecule has 0 saturated carbocycles. The smallest absolute Gasteiger partial charge is 0.449 e. The number of fused-ring (bicyclic) bond motifs is 1. The third-order valence-electron chi connectivity index (χ3n) is 6.18. The fourth-order valence-electron chi connectivity index (χ4n) is 4.28. The first kappa shape index (κ1) is 26.0. The van der Waals surface area contributed by atoms with Crippen LogP contribution < -0.4 is 20.9 Å². The SMILES string of the molecule is CN1C(=O)C(C)(C)c2ccc(-n3cc(OC(=O)O)c(=O)n(Cc4cccc(C(F)(F)F)c4Cl)c3=O)cc21. The molecule has 13 heteroatoms. The third-order valence-corrected chi connectivity index (χ3v) is 6.63. The molecule has 0 saturated heterocycles. The maximum Gasteiger partial charge on any atom is 0.511 e. The fraction of sp³-hybridized carbons (Fsp3) is 0.250. The monoisotopic (exact) mass is 537 g/mol. The molecule has 9 nitrogen and oxygen atoms in total. The number of benzene rings is 2. The van der Waals surface area contributed by atoms with Crippen molar-refractivity contribution in [2.75, 3.05) is 11.9 Å². The topological polar surface area (TPSA) is 111 Å². The van der Waals surface area contributed by atoms with Gasteiger partial charge in [0, 0.05) is 12.7 Å². The number of carbonyl (C=O) groups is 2. The van der Waals surface area contributed by atoms with Gasteiger partial charge in [0.2, 0.25) is 11.7 Å². The minimum absolute atomic E-state index is 0.153. The standard InChI is InChI=1S/C24H19ClF3N3O6/c1-23(2)14-8-7-13(9-16(14)29(3)20(23)33)30-11-17(37-22(35)36)19(32)31(21(30)34)10-12-5-4-6-15(18(12)25)24(26,27)28/h4-9,11H,10H2,1-3H3,(H,35,36). The Kier molecular flexibility index (Phi) is 6.19. The van der Waals surface area contributed by atoms with Crippen molar-refractivity contribution in [2.24, 2.45) is 0 Å². The summed E-state index contributed by atoms with van der Waals surface area (Å²) in [5, 5.41) is 8.36. The second kappa shape index (κ2) is 8.80. The van der Waals surface area contributed by atoms with Gasteiger partial charge in [0.05, 0.1) is 34.4 Å². The van der Waals surface area contributed by atoms with Gasteiger partial charge >= 0.3 is 18.0 Å². The van der Waals surface area contributed by atoms with E-state index in [2.05, 4.69) is 4.74 Å². The third kappa shape index (κ3) is 4.37. The number of halogens is 4. The van der Waals surface area contributed by atoms with Crippen molar-refractivity contribution in [3.8, 4) is 11.4 Å². The Morgan fingerprint density at radius 3 is 2.43 bits per heavy atom. The minimum atomic E-state index is -4.78. The summed E-state index contributed by atoms with van der Waals surface area (Å²) in [6.07, 6.45) is -5.76. The molecule has 37 heavy (non-hydrogen) atoms. The van der Waals surface area contributed by atoms with Gasteiger partial charge in [-0.05, 0) is 43.2 Å². The molecule has 1 aromatic heterocycles. The summed E-state index contributed by atoms with van der Waals surface area (Å²) in [6, 6.07) is 7.64. The normalized spacial score (nSPS) is 14.6. The van der Waals surface area contributed by atoms with Gasteiger partial charge in [-0.15, -0.1) is 0 Å². The van der Waals surface area contributed by atoms with E-state index < -0.39 is 51.9 Å². The average Bonchev–Trinajstić information content (AvgIpc) is 2.98. The molecule has 1 aliphatic heterocycles. The molecule has 0 fully saturated rings. The highest BCUT2D eigenvalue weighted by Crippen LogP contribution is 2.41. The van der Waals surface area contributed by atoms with E-state index in [-0.39, 0.29) is 17.2 Å². The summed E-state index contributed by atoms with van der Waals surface area (Å²) >= 11 is 5.94. The van der Waals surface area contributed by atoms with Crippen LogP contribution >= 0.6 is 11.6 Å². The molecule has 2 aromatic carbocycles. The molecule has 4 rings (SSSR count). The van der Waals surface area contributed by atoms with Gasteiger partial charge in [-0.2, -0.15) is 13.2 Å². The quantitative estimate of drug-likeness (QED) is 0.503. The van der Waals surface area contributed by atoms with E-state index in [4.69, 9.17) is 16.7 Å². The maximum atomic E-state index is 13.4. The van der Waals surface area contributed by atoms with Gasteiger partial charge in [0.15, 0.2) is 0 Å². The summed E-state index contributed by atoms with van der Waals surface area (Å²) < 4.78 is 45.9. The zero-order valence-electron chi connectivity index (χ0n) is 19.6. The van der Waals surface area contributed by atoms with Crippen molar-refractivity contribution in [2.45, 2.75) is 32.0 Å². The summed E-state index contributed by atoms with van der Waals surface area (Å²) in [4.78, 5) is 51.5. The van der Waals surface area contributed by atoms with Gasteiger partial charge in [0.1, 0.15) is 0 Å². The fourth-order valence-corrected chi connectivity index (χ4v) is 4.57. The summed E-state index contributed by atoms with van der Waals surface area (Å²) in [5.41, 5.74) is -3.05. The number of aromatic nitrogens is 2. The van der Waals surface area contributed by atoms with Crippen molar-refractivity contribution in [3.05, 3.63) is 85.1 Å². The lowest BCUT2D eigenvalue weighted by molar-refractivity contribution is -0.137. The van der Waals surface area contributed by atoms with Crippen molar-refractivity contribution >= 4 is 29.4 Å². The molecule has 1 N–H and O–H groups in total. The molecule has 2 heterocycles. The van der Waals surface area contributed by atoms with Crippen LogP contribution in [0.15, 0.2) is 52.2 Å². The number of carbonyl (C=O) groups excluding carboxylic acids is 1. The van der Waals surface area contributed by atoms with Crippen LogP contribution in [0.25, 0.3) is 5.69 Å². The van der Waals surface area contributed by atoms with Crippen LogP contribution in [0.1, 0.15) is 30.5 Å². The van der Waals surface area contributed by atoms with Crippen molar-refractivity contribution in [1.82, 2.24) is 9.13 Å². The van der Waals surface area contributed by atoms with E-state index in [1.165, 1.54) is 23.1 Å². The van der Waals surface area contributed by atoms with Crippen LogP contribution in [-0.4, -0.2) is 33.4 Å². The summed E-state index contributed by atoms with van der Waals surface area (Å²) in [7, 11) is 1.55. The predicted molar refractivity (Wildman–Crippen MR) is 127 cm³/mol. The van der Waals surface area contributed by atoms with E-state index in [1.54, 1.807) is 27.0 Å². The first-order valence-electron chi connectivity index (χ1n) is 10.7. The lowest BCUT2D eigenvalue weighted by Crippen LogP contribution is -2.40. The van der Waals surface area contributed by atoms with Crippen LogP contribution in [0, 0.1) is 0 Å². The second-order valence-electron chi connectivity index (χ2n) is 8.87. The number of likely N-dealkylation sites (N-methyl/N-ethyl adjacent to an activating group) is 1. The van der Waals surface area contributed by atoms with E-state index in [1.807, 2.05) is 0 Å². The molecular weight excluding hydrogens is 519 g/mol. The Bertz CT molecular complexity index is 1580. The first-order chi connectivity index (χ1) is 17.1. The van der Waals surface area contributed by atoms with E-state index >= 15 is 0 Å². The highest BCUT2D eigenvalue weighted by Gasteiger charge is 2.42. The van der Waals surface area contributed by atoms with E-state index in [0.29, 0.717) is 15.8 Å². The summed E-state index contributed by atoms with van der Waals surface area (Å²) in [5.74, 6) is -0.952. The van der Waals surface area contributed by atoms with Crippen LogP contribution in [0.3, 0.4) is 0 Å². The highest BCUT2D eigenvalue weighted by atomic mass is 35.5. The average molecular weight is 538 g/mol. The molecule has 3 aromatic rings. The molecule has 0 radical (unpaired) electrons. The van der Waals surface area contributed by atoms with Crippen molar-refractivity contribution < 1.29 is 32.6 Å². The van der Waals surface area contributed by atoms with Gasteiger partial charge < -0.3 is 14.7 Å². The van der Waals surface area contributed by atoms with Crippen LogP contribution in [0.2, 0.25) is 5.02 Å². The number of amides is 1. The predicted octanol–water partition coefficient (Wildman–Crippen LogP) is 4.03. The largest absolute Gasteiger partial charge is 0.511 e. The number of hydrogen-bond donors (Lipinski definition) is 1. The Hall–Kier alpha value is -4.06. The lowest BCUT2D eigenvalue weighted by atomic mass is 9.86. The lowest BCUT2D eigenvalue weighted by Gasteiger charge is -2.17. The van der Waals surface area contributed by atoms with Crippen molar-refractivity contribution in [3.63, 3.8) is 0 Å². The van der Waals surface area contributed by atoms with E-state index in [0.717, 1.165) is 22.9 Å². The first-order valence-corrected chi connectivity index (χ1v) is 11.1. The Morgan fingerprint density at radius 2 is 1.81 bits per heavy atom. The second-order valence-corrected chi connectivity index (χ2v) is 9.25. The molecule has 0 spiro atoms. The number of anilines is 1. The molecule has 194 valence electrons. The Balaban J connectivity index is 1.92. The number of alkyl halides is 3. The van der Waals surface area contributed by atoms with Gasteiger partial charge in [-0.1, -0.05) is 29.8 Å². The summed E-state index contributed by atoms with van der Waals surface area (Å²) in [6.45, 7) is 2.77. The zero-order valence-corrected chi connectivity index (χ0v) is 20.3. The molecule has 0 aliphatic carbocycles. The number of carboxylic acid groups (broad SMARTS) is 1. The van der Waals surface area contributed by atoms with Gasteiger partial charge in [-0.25, -0.2) is 9.59 Å². The van der Waals surface area contributed by atoms with Crippen LogP contribution in [-0.2, 0) is 22.9 Å². The molecule has 0 atom stereocenters. The highest BCUT2D eigenvalue weighted by molar-refractivity contribution is 6.32. The zero-order chi connectivity index (χ0) is 27.4.